The van der Waals surface area contributed by atoms with Crippen LogP contribution in [0.15, 0.2) is 42.6 Å². The van der Waals surface area contributed by atoms with Gasteiger partial charge in [0.15, 0.2) is 5.13 Å². The minimum atomic E-state index is 0.234. The van der Waals surface area contributed by atoms with Gasteiger partial charge in [0, 0.05) is 11.9 Å². The molecule has 1 aromatic carbocycles. The smallest absolute Gasteiger partial charge is 0.180 e. The number of phenols is 1. The molecule has 0 radical (unpaired) electrons. The van der Waals surface area contributed by atoms with Crippen LogP contribution in [-0.4, -0.2) is 15.1 Å². The van der Waals surface area contributed by atoms with E-state index in [0.29, 0.717) is 5.13 Å². The van der Waals surface area contributed by atoms with E-state index in [1.54, 1.807) is 30.5 Å². The standard InChI is InChI=1S/C15H14N4OS/c1-9-14(21-15(16)18-9)10-6-7-17-13(8-10)19-11-2-4-12(20)5-3-11/h2-8,20H,1H3,(H2,16,18)(H,17,19). The number of nitrogen functional groups attached to an aromatic ring is 1. The molecule has 106 valence electrons. The van der Waals surface area contributed by atoms with Crippen molar-refractivity contribution in [3.8, 4) is 16.2 Å². The van der Waals surface area contributed by atoms with Gasteiger partial charge in [-0.2, -0.15) is 0 Å². The number of thiazole rings is 1. The van der Waals surface area contributed by atoms with Crippen LogP contribution >= 0.6 is 11.3 Å². The number of nitrogens with two attached hydrogens (primary N) is 1. The summed E-state index contributed by atoms with van der Waals surface area (Å²) in [5.41, 5.74) is 8.55. The first-order chi connectivity index (χ1) is 10.1. The second-order valence-electron chi connectivity index (χ2n) is 4.57. The Morgan fingerprint density at radius 3 is 2.62 bits per heavy atom. The molecule has 0 saturated carbocycles. The van der Waals surface area contributed by atoms with Crippen molar-refractivity contribution >= 4 is 28.0 Å². The quantitative estimate of drug-likeness (QED) is 0.644. The maximum Gasteiger partial charge on any atom is 0.180 e. The van der Waals surface area contributed by atoms with Gasteiger partial charge in [-0.25, -0.2) is 9.97 Å². The summed E-state index contributed by atoms with van der Waals surface area (Å²) in [5.74, 6) is 0.961. The minimum Gasteiger partial charge on any atom is -0.508 e. The Bertz CT molecular complexity index is 768. The molecule has 0 spiro atoms. The third-order valence-electron chi connectivity index (χ3n) is 2.97. The molecule has 3 rings (SSSR count). The lowest BCUT2D eigenvalue weighted by Crippen LogP contribution is -1.93. The van der Waals surface area contributed by atoms with Gasteiger partial charge in [-0.05, 0) is 48.9 Å². The number of anilines is 3. The van der Waals surface area contributed by atoms with Gasteiger partial charge in [-0.3, -0.25) is 0 Å². The van der Waals surface area contributed by atoms with Gasteiger partial charge in [0.1, 0.15) is 11.6 Å². The number of pyridine rings is 1. The first-order valence-electron chi connectivity index (χ1n) is 6.37. The highest BCUT2D eigenvalue weighted by Crippen LogP contribution is 2.32. The monoisotopic (exact) mass is 298 g/mol. The van der Waals surface area contributed by atoms with Crippen LogP contribution in [0.5, 0.6) is 5.75 Å². The number of phenolic OH excluding ortho intramolecular Hbond substituents is 1. The van der Waals surface area contributed by atoms with Crippen molar-refractivity contribution in [2.45, 2.75) is 6.92 Å². The van der Waals surface area contributed by atoms with E-state index in [2.05, 4.69) is 15.3 Å². The number of rotatable bonds is 3. The Morgan fingerprint density at radius 1 is 1.19 bits per heavy atom. The van der Waals surface area contributed by atoms with E-state index >= 15 is 0 Å². The first kappa shape index (κ1) is 13.4. The number of nitrogens with one attached hydrogen (secondary N) is 1. The fourth-order valence-electron chi connectivity index (χ4n) is 2.02. The van der Waals surface area contributed by atoms with Crippen LogP contribution in [0.4, 0.5) is 16.6 Å². The van der Waals surface area contributed by atoms with E-state index < -0.39 is 0 Å². The largest absolute Gasteiger partial charge is 0.508 e. The maximum atomic E-state index is 9.29. The Kier molecular flexibility index (Phi) is 3.45. The average molecular weight is 298 g/mol. The highest BCUT2D eigenvalue weighted by molar-refractivity contribution is 7.18. The van der Waals surface area contributed by atoms with Gasteiger partial charge in [-0.1, -0.05) is 11.3 Å². The Morgan fingerprint density at radius 2 is 1.95 bits per heavy atom. The van der Waals surface area contributed by atoms with Crippen molar-refractivity contribution < 1.29 is 5.11 Å². The summed E-state index contributed by atoms with van der Waals surface area (Å²) in [6.07, 6.45) is 1.74. The minimum absolute atomic E-state index is 0.234. The number of benzene rings is 1. The molecule has 0 aliphatic carbocycles. The van der Waals surface area contributed by atoms with Crippen molar-refractivity contribution in [2.75, 3.05) is 11.1 Å². The van der Waals surface area contributed by atoms with E-state index in [0.717, 1.165) is 27.6 Å². The number of hydrogen-bond donors (Lipinski definition) is 3. The fraction of sp³-hybridized carbons (Fsp3) is 0.0667. The topological polar surface area (TPSA) is 84.1 Å². The van der Waals surface area contributed by atoms with Gasteiger partial charge in [-0.15, -0.1) is 0 Å². The van der Waals surface area contributed by atoms with Crippen LogP contribution in [0, 0.1) is 6.92 Å². The molecule has 5 nitrogen and oxygen atoms in total. The lowest BCUT2D eigenvalue weighted by Gasteiger charge is -2.07. The zero-order valence-corrected chi connectivity index (χ0v) is 12.2. The summed E-state index contributed by atoms with van der Waals surface area (Å²) in [6.45, 7) is 1.94. The molecular formula is C15H14N4OS. The third kappa shape index (κ3) is 2.95. The van der Waals surface area contributed by atoms with Crippen LogP contribution in [-0.2, 0) is 0 Å². The predicted molar refractivity (Wildman–Crippen MR) is 85.9 cm³/mol. The molecule has 2 aromatic heterocycles. The third-order valence-corrected chi connectivity index (χ3v) is 4.01. The van der Waals surface area contributed by atoms with Gasteiger partial charge in [0.05, 0.1) is 10.6 Å². The SMILES string of the molecule is Cc1nc(N)sc1-c1ccnc(Nc2ccc(O)cc2)c1. The van der Waals surface area contributed by atoms with E-state index in [4.69, 9.17) is 5.73 Å². The number of aryl methyl sites for hydroxylation is 1. The molecule has 0 amide bonds. The van der Waals surface area contributed by atoms with Crippen LogP contribution in [0.2, 0.25) is 0 Å². The highest BCUT2D eigenvalue weighted by atomic mass is 32.1. The van der Waals surface area contributed by atoms with E-state index in [-0.39, 0.29) is 5.75 Å². The molecule has 2 heterocycles. The molecule has 0 atom stereocenters. The van der Waals surface area contributed by atoms with Gasteiger partial charge >= 0.3 is 0 Å². The Hall–Kier alpha value is -2.60. The van der Waals surface area contributed by atoms with Gasteiger partial charge in [0.2, 0.25) is 0 Å². The van der Waals surface area contributed by atoms with Crippen LogP contribution < -0.4 is 11.1 Å². The normalized spacial score (nSPS) is 10.5. The fourth-order valence-corrected chi connectivity index (χ4v) is 2.85. The van der Waals surface area contributed by atoms with Gasteiger partial charge in [0.25, 0.3) is 0 Å². The van der Waals surface area contributed by atoms with Crippen LogP contribution in [0.25, 0.3) is 10.4 Å². The lowest BCUT2D eigenvalue weighted by atomic mass is 10.2. The summed E-state index contributed by atoms with van der Waals surface area (Å²) in [6, 6.07) is 10.7. The molecule has 3 aromatic rings. The van der Waals surface area contributed by atoms with E-state index in [9.17, 15) is 5.11 Å². The summed E-state index contributed by atoms with van der Waals surface area (Å²) < 4.78 is 0. The molecule has 0 bridgehead atoms. The summed E-state index contributed by atoms with van der Waals surface area (Å²) in [7, 11) is 0. The number of aromatic nitrogens is 2. The highest BCUT2D eigenvalue weighted by Gasteiger charge is 2.09. The molecule has 0 aliphatic heterocycles. The molecule has 4 N–H and O–H groups in total. The predicted octanol–water partition coefficient (Wildman–Crippen LogP) is 3.54. The molecule has 0 aliphatic rings. The van der Waals surface area contributed by atoms with Crippen molar-refractivity contribution in [3.05, 3.63) is 48.3 Å². The zero-order valence-electron chi connectivity index (χ0n) is 11.4. The molecule has 0 saturated heterocycles. The van der Waals surface area contributed by atoms with E-state index in [1.807, 2.05) is 19.1 Å². The van der Waals surface area contributed by atoms with Crippen molar-refractivity contribution in [1.82, 2.24) is 9.97 Å². The lowest BCUT2D eigenvalue weighted by molar-refractivity contribution is 0.475. The van der Waals surface area contributed by atoms with Crippen LogP contribution in [0.3, 0.4) is 0 Å². The molecular weight excluding hydrogens is 284 g/mol. The maximum absolute atomic E-state index is 9.29. The Labute approximate surface area is 126 Å². The average Bonchev–Trinajstić information content (AvgIpc) is 2.81. The Balaban J connectivity index is 1.89. The molecule has 6 heteroatoms. The molecule has 21 heavy (non-hydrogen) atoms. The second-order valence-corrected chi connectivity index (χ2v) is 5.60. The first-order valence-corrected chi connectivity index (χ1v) is 7.19. The number of hydrogen-bond acceptors (Lipinski definition) is 6. The summed E-state index contributed by atoms with van der Waals surface area (Å²) >= 11 is 1.46. The number of nitrogens with zero attached hydrogens (tertiary/aromatic N) is 2. The summed E-state index contributed by atoms with van der Waals surface area (Å²) in [4.78, 5) is 9.58. The van der Waals surface area contributed by atoms with Crippen molar-refractivity contribution in [3.63, 3.8) is 0 Å². The summed E-state index contributed by atoms with van der Waals surface area (Å²) in [5, 5.41) is 13.0. The number of aromatic hydroxyl groups is 1. The zero-order chi connectivity index (χ0) is 14.8. The molecule has 0 fully saturated rings. The van der Waals surface area contributed by atoms with Gasteiger partial charge < -0.3 is 16.2 Å². The van der Waals surface area contributed by atoms with Crippen LogP contribution in [0.1, 0.15) is 5.69 Å². The van der Waals surface area contributed by atoms with Crippen molar-refractivity contribution in [1.29, 1.82) is 0 Å². The second kappa shape index (κ2) is 5.41. The molecule has 0 unspecified atom stereocenters. The van der Waals surface area contributed by atoms with Crippen molar-refractivity contribution in [2.24, 2.45) is 0 Å². The van der Waals surface area contributed by atoms with E-state index in [1.165, 1.54) is 11.3 Å².